The number of unbranched alkanes of at least 4 members (excludes halogenated alkanes) is 3. The zero-order chi connectivity index (χ0) is 24.3. The van der Waals surface area contributed by atoms with Crippen LogP contribution < -0.4 is 10.8 Å². The minimum Gasteiger partial charge on any atom is -0.338 e. The second kappa shape index (κ2) is 13.1. The fourth-order valence-corrected chi connectivity index (χ4v) is 4.97. The van der Waals surface area contributed by atoms with Crippen LogP contribution in [0.15, 0.2) is 60.7 Å². The summed E-state index contributed by atoms with van der Waals surface area (Å²) in [5.74, 6) is -0.350. The Morgan fingerprint density at radius 3 is 1.94 bits per heavy atom. The number of hydrogen-bond donors (Lipinski definition) is 3. The molecule has 7 heteroatoms. The smallest absolute Gasteiger partial charge is 0.317 e. The second-order valence-corrected chi connectivity index (χ2v) is 9.21. The number of rotatable bonds is 10. The van der Waals surface area contributed by atoms with Crippen molar-refractivity contribution in [3.63, 3.8) is 0 Å². The number of hydrogen-bond acceptors (Lipinski definition) is 4. The SMILES string of the molecule is CC1CN(C(c2ccccc2)c2ccccc2)C[C@@H](C)N1C(=O)NCCCCCCC(=O)NO. The van der Waals surface area contributed by atoms with E-state index in [2.05, 4.69) is 72.6 Å². The fourth-order valence-electron chi connectivity index (χ4n) is 4.97. The number of amides is 3. The quantitative estimate of drug-likeness (QED) is 0.276. The zero-order valence-electron chi connectivity index (χ0n) is 20.3. The molecule has 184 valence electrons. The maximum atomic E-state index is 13.0. The van der Waals surface area contributed by atoms with Gasteiger partial charge in [-0.15, -0.1) is 0 Å². The molecule has 1 fully saturated rings. The van der Waals surface area contributed by atoms with E-state index in [1.165, 1.54) is 11.1 Å². The van der Waals surface area contributed by atoms with Crippen molar-refractivity contribution < 1.29 is 14.8 Å². The van der Waals surface area contributed by atoms with Crippen molar-refractivity contribution in [1.29, 1.82) is 0 Å². The van der Waals surface area contributed by atoms with Gasteiger partial charge in [0, 0.05) is 38.1 Å². The normalized spacial score (nSPS) is 18.6. The third-order valence-electron chi connectivity index (χ3n) is 6.51. The first-order valence-corrected chi connectivity index (χ1v) is 12.3. The Bertz CT molecular complexity index is 842. The lowest BCUT2D eigenvalue weighted by atomic mass is 9.94. The topological polar surface area (TPSA) is 84.9 Å². The summed E-state index contributed by atoms with van der Waals surface area (Å²) in [5.41, 5.74) is 4.18. The standard InChI is InChI=1S/C27H38N4O3/c1-21-19-30(26(23-13-7-5-8-14-23)24-15-9-6-10-16-24)20-22(2)31(21)27(33)28-18-12-4-3-11-17-25(32)29-34/h5-10,13-16,21-22,26,34H,3-4,11-12,17-20H2,1-2H3,(H,28,33)(H,29,32)/t21-,22?/m1/s1. The van der Waals surface area contributed by atoms with Crippen LogP contribution in [-0.4, -0.2) is 58.7 Å². The van der Waals surface area contributed by atoms with Gasteiger partial charge in [0.05, 0.1) is 6.04 Å². The van der Waals surface area contributed by atoms with Crippen LogP contribution in [0.4, 0.5) is 4.79 Å². The van der Waals surface area contributed by atoms with E-state index in [0.29, 0.717) is 13.0 Å². The van der Waals surface area contributed by atoms with Gasteiger partial charge < -0.3 is 10.2 Å². The van der Waals surface area contributed by atoms with E-state index in [1.54, 1.807) is 5.48 Å². The van der Waals surface area contributed by atoms with Crippen LogP contribution in [0.5, 0.6) is 0 Å². The van der Waals surface area contributed by atoms with E-state index < -0.39 is 0 Å². The molecule has 7 nitrogen and oxygen atoms in total. The Balaban J connectivity index is 1.54. The van der Waals surface area contributed by atoms with Crippen LogP contribution in [0, 0.1) is 0 Å². The maximum absolute atomic E-state index is 13.0. The van der Waals surface area contributed by atoms with Gasteiger partial charge >= 0.3 is 6.03 Å². The predicted molar refractivity (Wildman–Crippen MR) is 133 cm³/mol. The molecule has 2 aromatic rings. The number of nitrogens with one attached hydrogen (secondary N) is 2. The first-order valence-electron chi connectivity index (χ1n) is 12.3. The van der Waals surface area contributed by atoms with Crippen molar-refractivity contribution >= 4 is 11.9 Å². The summed E-state index contributed by atoms with van der Waals surface area (Å²) in [6, 6.07) is 21.5. The minimum atomic E-state index is -0.350. The Hall–Kier alpha value is -2.90. The molecule has 0 spiro atoms. The molecule has 0 radical (unpaired) electrons. The van der Waals surface area contributed by atoms with Crippen molar-refractivity contribution in [2.24, 2.45) is 0 Å². The molecular formula is C27H38N4O3. The molecule has 2 atom stereocenters. The van der Waals surface area contributed by atoms with Gasteiger partial charge in [0.15, 0.2) is 0 Å². The van der Waals surface area contributed by atoms with Crippen LogP contribution in [0.2, 0.25) is 0 Å². The fraction of sp³-hybridized carbons (Fsp3) is 0.481. The van der Waals surface area contributed by atoms with Crippen LogP contribution in [0.25, 0.3) is 0 Å². The zero-order valence-corrected chi connectivity index (χ0v) is 20.3. The molecule has 1 aliphatic heterocycles. The lowest BCUT2D eigenvalue weighted by Crippen LogP contribution is -2.61. The van der Waals surface area contributed by atoms with Crippen molar-refractivity contribution in [3.05, 3.63) is 71.8 Å². The maximum Gasteiger partial charge on any atom is 0.317 e. The molecular weight excluding hydrogens is 428 g/mol. The first-order chi connectivity index (χ1) is 16.5. The monoisotopic (exact) mass is 466 g/mol. The average Bonchev–Trinajstić information content (AvgIpc) is 2.84. The number of hydroxylamine groups is 1. The predicted octanol–water partition coefficient (Wildman–Crippen LogP) is 4.34. The molecule has 1 aliphatic rings. The minimum absolute atomic E-state index is 0.00437. The first kappa shape index (κ1) is 25.7. The molecule has 3 amide bonds. The molecule has 3 rings (SSSR count). The number of nitrogens with zero attached hydrogens (tertiary/aromatic N) is 2. The number of benzene rings is 2. The van der Waals surface area contributed by atoms with Gasteiger partial charge in [0.1, 0.15) is 0 Å². The van der Waals surface area contributed by atoms with Gasteiger partial charge in [0.2, 0.25) is 5.91 Å². The highest BCUT2D eigenvalue weighted by Crippen LogP contribution is 2.32. The Labute approximate surface area is 203 Å². The summed E-state index contributed by atoms with van der Waals surface area (Å²) in [6.45, 7) is 6.49. The summed E-state index contributed by atoms with van der Waals surface area (Å²) in [7, 11) is 0. The molecule has 1 heterocycles. The van der Waals surface area contributed by atoms with Crippen molar-refractivity contribution in [3.8, 4) is 0 Å². The lowest BCUT2D eigenvalue weighted by molar-refractivity contribution is -0.129. The van der Waals surface area contributed by atoms with Crippen LogP contribution in [0.1, 0.15) is 63.1 Å². The van der Waals surface area contributed by atoms with Crippen molar-refractivity contribution in [2.75, 3.05) is 19.6 Å². The van der Waals surface area contributed by atoms with Gasteiger partial charge in [-0.25, -0.2) is 10.3 Å². The van der Waals surface area contributed by atoms with Gasteiger partial charge in [-0.3, -0.25) is 14.9 Å². The summed E-state index contributed by atoms with van der Waals surface area (Å²) >= 11 is 0. The Kier molecular flexibility index (Phi) is 9.91. The molecule has 0 saturated carbocycles. The Morgan fingerprint density at radius 2 is 1.41 bits per heavy atom. The lowest BCUT2D eigenvalue weighted by Gasteiger charge is -2.47. The Morgan fingerprint density at radius 1 is 0.882 bits per heavy atom. The van der Waals surface area contributed by atoms with Crippen LogP contribution in [0.3, 0.4) is 0 Å². The highest BCUT2D eigenvalue weighted by atomic mass is 16.5. The van der Waals surface area contributed by atoms with Gasteiger partial charge in [-0.05, 0) is 37.8 Å². The van der Waals surface area contributed by atoms with E-state index in [4.69, 9.17) is 5.21 Å². The van der Waals surface area contributed by atoms with Crippen molar-refractivity contribution in [1.82, 2.24) is 20.6 Å². The molecule has 1 unspecified atom stereocenters. The molecule has 0 bridgehead atoms. The van der Waals surface area contributed by atoms with Gasteiger partial charge in [0.25, 0.3) is 0 Å². The second-order valence-electron chi connectivity index (χ2n) is 9.21. The summed E-state index contributed by atoms with van der Waals surface area (Å²) in [5, 5.41) is 11.6. The number of carbonyl (C=O) groups is 2. The number of urea groups is 1. The highest BCUT2D eigenvalue weighted by molar-refractivity contribution is 5.75. The van der Waals surface area contributed by atoms with E-state index in [-0.39, 0.29) is 30.1 Å². The molecule has 34 heavy (non-hydrogen) atoms. The van der Waals surface area contributed by atoms with E-state index in [1.807, 2.05) is 17.0 Å². The number of carbonyl (C=O) groups excluding carboxylic acids is 2. The third kappa shape index (κ3) is 7.05. The van der Waals surface area contributed by atoms with Gasteiger partial charge in [-0.2, -0.15) is 0 Å². The summed E-state index contributed by atoms with van der Waals surface area (Å²) < 4.78 is 0. The van der Waals surface area contributed by atoms with Gasteiger partial charge in [-0.1, -0.05) is 73.5 Å². The molecule has 0 aromatic heterocycles. The summed E-state index contributed by atoms with van der Waals surface area (Å²) in [4.78, 5) is 28.5. The van der Waals surface area contributed by atoms with Crippen LogP contribution in [-0.2, 0) is 4.79 Å². The van der Waals surface area contributed by atoms with Crippen molar-refractivity contribution in [2.45, 2.75) is 64.1 Å². The summed E-state index contributed by atoms with van der Waals surface area (Å²) in [6.07, 6.45) is 3.78. The number of piperazine rings is 1. The molecule has 1 saturated heterocycles. The third-order valence-corrected chi connectivity index (χ3v) is 6.51. The largest absolute Gasteiger partial charge is 0.338 e. The average molecular weight is 467 g/mol. The molecule has 3 N–H and O–H groups in total. The van der Waals surface area contributed by atoms with E-state index in [9.17, 15) is 9.59 Å². The molecule has 2 aromatic carbocycles. The molecule has 0 aliphatic carbocycles. The van der Waals surface area contributed by atoms with Crippen LogP contribution >= 0.6 is 0 Å². The van der Waals surface area contributed by atoms with E-state index >= 15 is 0 Å². The highest BCUT2D eigenvalue weighted by Gasteiger charge is 2.36. The van der Waals surface area contributed by atoms with E-state index in [0.717, 1.165) is 38.8 Å².